The van der Waals surface area contributed by atoms with E-state index in [-0.39, 0.29) is 22.6 Å². The summed E-state index contributed by atoms with van der Waals surface area (Å²) in [5.74, 6) is -0.858. The summed E-state index contributed by atoms with van der Waals surface area (Å²) in [7, 11) is -3.63. The number of carbonyl (C=O) groups excluding carboxylic acids is 3. The normalized spacial score (nSPS) is 27.2. The van der Waals surface area contributed by atoms with E-state index in [1.54, 1.807) is 18.2 Å². The minimum Gasteiger partial charge on any atom is -0.326 e. The Morgan fingerprint density at radius 1 is 1.16 bits per heavy atom. The van der Waals surface area contributed by atoms with Crippen LogP contribution in [0, 0.1) is 5.92 Å². The zero-order valence-electron chi connectivity index (χ0n) is 18.1. The van der Waals surface area contributed by atoms with Crippen molar-refractivity contribution < 1.29 is 22.8 Å². The van der Waals surface area contributed by atoms with Gasteiger partial charge in [-0.3, -0.25) is 14.9 Å². The van der Waals surface area contributed by atoms with Gasteiger partial charge in [0.25, 0.3) is 5.91 Å². The number of nitrogens with one attached hydrogen (secondary N) is 3. The van der Waals surface area contributed by atoms with E-state index in [9.17, 15) is 22.8 Å². The third-order valence-corrected chi connectivity index (χ3v) is 8.64. The minimum absolute atomic E-state index is 0.160. The van der Waals surface area contributed by atoms with E-state index < -0.39 is 21.6 Å². The average molecular weight is 464 g/mol. The number of carbonyl (C=O) groups is 3. The molecule has 1 spiro atoms. The maximum atomic E-state index is 13.0. The number of anilines is 1. The number of nitrogens with zero attached hydrogens (tertiary/aromatic N) is 2. The first-order valence-corrected chi connectivity index (χ1v) is 12.4. The number of sulfonamides is 1. The van der Waals surface area contributed by atoms with E-state index in [0.717, 1.165) is 6.54 Å². The van der Waals surface area contributed by atoms with Crippen molar-refractivity contribution in [1.82, 2.24) is 19.8 Å². The first kappa shape index (κ1) is 22.7. The van der Waals surface area contributed by atoms with Crippen molar-refractivity contribution in [3.63, 3.8) is 0 Å². The molecular weight excluding hydrogens is 434 g/mol. The fourth-order valence-electron chi connectivity index (χ4n) is 4.67. The van der Waals surface area contributed by atoms with Gasteiger partial charge in [0.2, 0.25) is 15.9 Å². The van der Waals surface area contributed by atoms with Gasteiger partial charge in [0, 0.05) is 37.8 Å². The van der Waals surface area contributed by atoms with Gasteiger partial charge in [-0.05, 0) is 50.4 Å². The molecule has 32 heavy (non-hydrogen) atoms. The molecule has 174 valence electrons. The molecule has 2 saturated heterocycles. The number of hydrogen-bond donors (Lipinski definition) is 3. The van der Waals surface area contributed by atoms with Crippen molar-refractivity contribution in [2.45, 2.75) is 43.0 Å². The lowest BCUT2D eigenvalue weighted by Gasteiger charge is -2.34. The summed E-state index contributed by atoms with van der Waals surface area (Å²) in [4.78, 5) is 38.7. The van der Waals surface area contributed by atoms with Crippen molar-refractivity contribution in [2.24, 2.45) is 5.92 Å². The molecule has 0 aromatic heterocycles. The van der Waals surface area contributed by atoms with Crippen LogP contribution in [0.1, 0.15) is 32.6 Å². The highest BCUT2D eigenvalue weighted by Gasteiger charge is 2.48. The molecule has 0 atom stereocenters. The van der Waals surface area contributed by atoms with Crippen LogP contribution in [0.15, 0.2) is 29.2 Å². The van der Waals surface area contributed by atoms with Crippen molar-refractivity contribution >= 4 is 33.6 Å². The highest BCUT2D eigenvalue weighted by molar-refractivity contribution is 7.89. The monoisotopic (exact) mass is 463 g/mol. The maximum absolute atomic E-state index is 13.0. The second kappa shape index (κ2) is 8.80. The number of amides is 4. The van der Waals surface area contributed by atoms with Crippen molar-refractivity contribution in [3.05, 3.63) is 24.3 Å². The third-order valence-electron chi connectivity index (χ3n) is 6.74. The van der Waals surface area contributed by atoms with Gasteiger partial charge in [-0.1, -0.05) is 13.0 Å². The summed E-state index contributed by atoms with van der Waals surface area (Å²) in [6.07, 6.45) is 1.69. The Hall–Kier alpha value is -2.50. The highest BCUT2D eigenvalue weighted by Crippen LogP contribution is 2.35. The third kappa shape index (κ3) is 4.37. The summed E-state index contributed by atoms with van der Waals surface area (Å²) >= 11 is 0. The smallest absolute Gasteiger partial charge is 0.322 e. The molecule has 3 fully saturated rings. The van der Waals surface area contributed by atoms with E-state index in [4.69, 9.17) is 0 Å². The molecule has 3 aliphatic rings. The summed E-state index contributed by atoms with van der Waals surface area (Å²) in [6.45, 7) is 5.25. The predicted octanol–water partition coefficient (Wildman–Crippen LogP) is 0.720. The van der Waals surface area contributed by atoms with Gasteiger partial charge in [0.05, 0.1) is 4.90 Å². The Kier molecular flexibility index (Phi) is 6.24. The fraction of sp³-hybridized carbons (Fsp3) is 0.571. The van der Waals surface area contributed by atoms with Crippen LogP contribution in [0.3, 0.4) is 0 Å². The average Bonchev–Trinajstić information content (AvgIpc) is 3.06. The van der Waals surface area contributed by atoms with Crippen LogP contribution >= 0.6 is 0 Å². The molecule has 2 aliphatic heterocycles. The molecule has 0 radical (unpaired) electrons. The van der Waals surface area contributed by atoms with E-state index in [1.807, 2.05) is 0 Å². The molecule has 0 unspecified atom stereocenters. The van der Waals surface area contributed by atoms with E-state index >= 15 is 0 Å². The number of hydrogen-bond acceptors (Lipinski definition) is 6. The fourth-order valence-corrected chi connectivity index (χ4v) is 6.14. The molecule has 1 aliphatic carbocycles. The van der Waals surface area contributed by atoms with E-state index in [0.29, 0.717) is 57.5 Å². The van der Waals surface area contributed by atoms with Gasteiger partial charge in [-0.15, -0.1) is 0 Å². The lowest BCUT2D eigenvalue weighted by atomic mass is 9.76. The van der Waals surface area contributed by atoms with Crippen molar-refractivity contribution in [2.75, 3.05) is 38.0 Å². The lowest BCUT2D eigenvalue weighted by Crippen LogP contribution is -2.50. The molecule has 1 aromatic rings. The molecule has 4 rings (SSSR count). The van der Waals surface area contributed by atoms with Crippen LogP contribution in [0.25, 0.3) is 0 Å². The highest BCUT2D eigenvalue weighted by atomic mass is 32.2. The summed E-state index contributed by atoms with van der Waals surface area (Å²) in [5.41, 5.74) is -0.487. The number of piperazine rings is 1. The van der Waals surface area contributed by atoms with Gasteiger partial charge in [-0.2, -0.15) is 4.31 Å². The second-order valence-electron chi connectivity index (χ2n) is 8.62. The molecular formula is C21H29N5O5S. The van der Waals surface area contributed by atoms with Crippen LogP contribution in [0.2, 0.25) is 0 Å². The standard InChI is InChI=1S/C21H29N5O5S/c1-2-25-10-12-26(13-11-25)32(30,31)17-5-3-4-16(14-17)22-18(27)15-6-8-21(9-7-15)19(28)23-20(29)24-21/h3-5,14-15H,2,6-13H2,1H3,(H,22,27)(H2,23,24,28,29). The zero-order valence-corrected chi connectivity index (χ0v) is 18.9. The molecule has 10 nitrogen and oxygen atoms in total. The van der Waals surface area contributed by atoms with Gasteiger partial charge >= 0.3 is 6.03 Å². The molecule has 3 N–H and O–H groups in total. The number of likely N-dealkylation sites (N-methyl/N-ethyl adjacent to an activating group) is 1. The number of benzene rings is 1. The summed E-state index contributed by atoms with van der Waals surface area (Å²) < 4.78 is 27.6. The largest absolute Gasteiger partial charge is 0.326 e. The maximum Gasteiger partial charge on any atom is 0.322 e. The van der Waals surface area contributed by atoms with E-state index in [1.165, 1.54) is 10.4 Å². The zero-order chi connectivity index (χ0) is 22.9. The number of urea groups is 1. The topological polar surface area (TPSA) is 128 Å². The number of rotatable bonds is 5. The molecule has 1 saturated carbocycles. The Labute approximate surface area is 187 Å². The van der Waals surface area contributed by atoms with Gasteiger partial charge in [-0.25, -0.2) is 13.2 Å². The van der Waals surface area contributed by atoms with Crippen LogP contribution < -0.4 is 16.0 Å². The molecule has 4 amide bonds. The number of imide groups is 1. The SMILES string of the molecule is CCN1CCN(S(=O)(=O)c2cccc(NC(=O)C3CCC4(CC3)NC(=O)NC4=O)c2)CC1. The summed E-state index contributed by atoms with van der Waals surface area (Å²) in [5, 5.41) is 7.77. The van der Waals surface area contributed by atoms with E-state index in [2.05, 4.69) is 27.8 Å². The molecule has 0 bridgehead atoms. The van der Waals surface area contributed by atoms with Crippen LogP contribution in [0.4, 0.5) is 10.5 Å². The first-order valence-electron chi connectivity index (χ1n) is 11.0. The Balaban J connectivity index is 1.38. The Bertz CT molecular complexity index is 1010. The van der Waals surface area contributed by atoms with Crippen LogP contribution in [-0.2, 0) is 19.6 Å². The van der Waals surface area contributed by atoms with Crippen LogP contribution in [-0.4, -0.2) is 73.7 Å². The molecule has 1 aromatic carbocycles. The Morgan fingerprint density at radius 2 is 1.84 bits per heavy atom. The minimum atomic E-state index is -3.63. The lowest BCUT2D eigenvalue weighted by molar-refractivity contribution is -0.128. The molecule has 2 heterocycles. The van der Waals surface area contributed by atoms with Gasteiger partial charge in [0.15, 0.2) is 0 Å². The first-order chi connectivity index (χ1) is 15.2. The summed E-state index contributed by atoms with van der Waals surface area (Å²) in [6, 6.07) is 5.84. The predicted molar refractivity (Wildman–Crippen MR) is 117 cm³/mol. The van der Waals surface area contributed by atoms with Crippen LogP contribution in [0.5, 0.6) is 0 Å². The Morgan fingerprint density at radius 3 is 2.44 bits per heavy atom. The van der Waals surface area contributed by atoms with Gasteiger partial charge in [0.1, 0.15) is 5.54 Å². The second-order valence-corrected chi connectivity index (χ2v) is 10.6. The van der Waals surface area contributed by atoms with Gasteiger partial charge < -0.3 is 15.5 Å². The van der Waals surface area contributed by atoms with Crippen molar-refractivity contribution in [3.8, 4) is 0 Å². The van der Waals surface area contributed by atoms with Crippen molar-refractivity contribution in [1.29, 1.82) is 0 Å². The quantitative estimate of drug-likeness (QED) is 0.552. The molecule has 11 heteroatoms.